The first-order valence-corrected chi connectivity index (χ1v) is 5.87. The van der Waals surface area contributed by atoms with Gasteiger partial charge in [0.1, 0.15) is 0 Å². The van der Waals surface area contributed by atoms with E-state index in [4.69, 9.17) is 0 Å². The zero-order chi connectivity index (χ0) is 13.0. The van der Waals surface area contributed by atoms with Gasteiger partial charge in [-0.3, -0.25) is 4.79 Å². The van der Waals surface area contributed by atoms with Gasteiger partial charge in [-0.1, -0.05) is 0 Å². The number of anilines is 1. The number of aryl methyl sites for hydroxylation is 1. The Labute approximate surface area is 107 Å². The molecule has 0 atom stereocenters. The second-order valence-electron chi connectivity index (χ2n) is 4.12. The van der Waals surface area contributed by atoms with Crippen molar-refractivity contribution in [3.05, 3.63) is 53.9 Å². The molecule has 0 aliphatic rings. The largest absolute Gasteiger partial charge is 0.379 e. The molecule has 1 amide bonds. The highest BCUT2D eigenvalue weighted by molar-refractivity contribution is 5.94. The summed E-state index contributed by atoms with van der Waals surface area (Å²) >= 11 is 0. The van der Waals surface area contributed by atoms with Gasteiger partial charge in [0.2, 0.25) is 0 Å². The van der Waals surface area contributed by atoms with Crippen molar-refractivity contribution in [1.29, 1.82) is 0 Å². The molecule has 0 radical (unpaired) electrons. The second kappa shape index (κ2) is 5.40. The first-order valence-electron chi connectivity index (χ1n) is 5.87. The summed E-state index contributed by atoms with van der Waals surface area (Å²) in [5.41, 5.74) is 2.89. The molecule has 0 spiro atoms. The number of carbonyl (C=O) groups is 1. The summed E-state index contributed by atoms with van der Waals surface area (Å²) in [5.74, 6) is -0.0658. The first kappa shape index (κ1) is 12.2. The molecular formula is C14H17N3O. The van der Waals surface area contributed by atoms with E-state index in [0.29, 0.717) is 5.56 Å². The molecule has 0 bridgehead atoms. The molecule has 2 aromatic rings. The minimum absolute atomic E-state index is 0.0658. The standard InChI is InChI=1S/C14H17N3O/c1-15-14(18)11-5-7-12(8-6-11)16-10-13-4-3-9-17(13)2/h3-9,16H,10H2,1-2H3,(H,15,18). The van der Waals surface area contributed by atoms with E-state index in [1.165, 1.54) is 5.69 Å². The van der Waals surface area contributed by atoms with Crippen molar-refractivity contribution in [3.8, 4) is 0 Å². The summed E-state index contributed by atoms with van der Waals surface area (Å²) in [7, 11) is 3.65. The molecule has 4 nitrogen and oxygen atoms in total. The van der Waals surface area contributed by atoms with Crippen molar-refractivity contribution in [1.82, 2.24) is 9.88 Å². The van der Waals surface area contributed by atoms with Crippen molar-refractivity contribution in [3.63, 3.8) is 0 Å². The maximum atomic E-state index is 11.4. The summed E-state index contributed by atoms with van der Waals surface area (Å²) in [5, 5.41) is 5.92. The Morgan fingerprint density at radius 2 is 1.94 bits per heavy atom. The highest BCUT2D eigenvalue weighted by atomic mass is 16.1. The molecule has 0 aliphatic carbocycles. The Bertz CT molecular complexity index is 528. The Morgan fingerprint density at radius 1 is 1.22 bits per heavy atom. The van der Waals surface area contributed by atoms with E-state index in [9.17, 15) is 4.79 Å². The highest BCUT2D eigenvalue weighted by Gasteiger charge is 2.02. The molecular weight excluding hydrogens is 226 g/mol. The lowest BCUT2D eigenvalue weighted by molar-refractivity contribution is 0.0963. The quantitative estimate of drug-likeness (QED) is 0.862. The Hall–Kier alpha value is -2.23. The molecule has 1 heterocycles. The maximum Gasteiger partial charge on any atom is 0.251 e. The summed E-state index contributed by atoms with van der Waals surface area (Å²) in [4.78, 5) is 11.4. The monoisotopic (exact) mass is 243 g/mol. The average Bonchev–Trinajstić information content (AvgIpc) is 2.81. The fraction of sp³-hybridized carbons (Fsp3) is 0.214. The van der Waals surface area contributed by atoms with Crippen LogP contribution in [0.5, 0.6) is 0 Å². The van der Waals surface area contributed by atoms with Crippen LogP contribution in [-0.2, 0) is 13.6 Å². The molecule has 0 aliphatic heterocycles. The second-order valence-corrected chi connectivity index (χ2v) is 4.12. The lowest BCUT2D eigenvalue weighted by atomic mass is 10.2. The lowest BCUT2D eigenvalue weighted by Gasteiger charge is -2.08. The van der Waals surface area contributed by atoms with Crippen molar-refractivity contribution in [2.24, 2.45) is 7.05 Å². The summed E-state index contributed by atoms with van der Waals surface area (Å²) in [6.45, 7) is 0.767. The number of benzene rings is 1. The van der Waals surface area contributed by atoms with Crippen LogP contribution in [0.1, 0.15) is 16.1 Å². The first-order chi connectivity index (χ1) is 8.70. The van der Waals surface area contributed by atoms with Gasteiger partial charge in [0.15, 0.2) is 0 Å². The van der Waals surface area contributed by atoms with Crippen LogP contribution in [0.25, 0.3) is 0 Å². The minimum Gasteiger partial charge on any atom is -0.379 e. The number of nitrogens with zero attached hydrogens (tertiary/aromatic N) is 1. The van der Waals surface area contributed by atoms with E-state index in [1.54, 1.807) is 7.05 Å². The number of aromatic nitrogens is 1. The molecule has 2 rings (SSSR count). The minimum atomic E-state index is -0.0658. The molecule has 0 saturated heterocycles. The van der Waals surface area contributed by atoms with E-state index < -0.39 is 0 Å². The van der Waals surface area contributed by atoms with Gasteiger partial charge in [0.25, 0.3) is 5.91 Å². The van der Waals surface area contributed by atoms with E-state index in [2.05, 4.69) is 21.3 Å². The van der Waals surface area contributed by atoms with Crippen LogP contribution in [0.4, 0.5) is 5.69 Å². The number of amides is 1. The number of nitrogens with one attached hydrogen (secondary N) is 2. The number of hydrogen-bond donors (Lipinski definition) is 2. The number of carbonyl (C=O) groups excluding carboxylic acids is 1. The van der Waals surface area contributed by atoms with Gasteiger partial charge in [-0.25, -0.2) is 0 Å². The van der Waals surface area contributed by atoms with Gasteiger partial charge in [0, 0.05) is 37.2 Å². The van der Waals surface area contributed by atoms with E-state index >= 15 is 0 Å². The third-order valence-corrected chi connectivity index (χ3v) is 2.90. The van der Waals surface area contributed by atoms with Crippen molar-refractivity contribution >= 4 is 11.6 Å². The van der Waals surface area contributed by atoms with Crippen LogP contribution in [0.2, 0.25) is 0 Å². The lowest BCUT2D eigenvalue weighted by Crippen LogP contribution is -2.17. The predicted octanol–water partition coefficient (Wildman–Crippen LogP) is 2.00. The highest BCUT2D eigenvalue weighted by Crippen LogP contribution is 2.11. The SMILES string of the molecule is CNC(=O)c1ccc(NCc2cccn2C)cc1. The van der Waals surface area contributed by atoms with E-state index in [1.807, 2.05) is 43.6 Å². The predicted molar refractivity (Wildman–Crippen MR) is 72.6 cm³/mol. The molecule has 0 fully saturated rings. The summed E-state index contributed by atoms with van der Waals surface area (Å²) in [6.07, 6.45) is 2.02. The molecule has 0 saturated carbocycles. The zero-order valence-corrected chi connectivity index (χ0v) is 10.6. The normalized spacial score (nSPS) is 10.1. The van der Waals surface area contributed by atoms with Gasteiger partial charge in [-0.15, -0.1) is 0 Å². The van der Waals surface area contributed by atoms with Crippen molar-refractivity contribution < 1.29 is 4.79 Å². The fourth-order valence-electron chi connectivity index (χ4n) is 1.76. The van der Waals surface area contributed by atoms with Crippen LogP contribution in [0.3, 0.4) is 0 Å². The van der Waals surface area contributed by atoms with Crippen LogP contribution in [-0.4, -0.2) is 17.5 Å². The van der Waals surface area contributed by atoms with Gasteiger partial charge in [-0.05, 0) is 36.4 Å². The Balaban J connectivity index is 1.98. The zero-order valence-electron chi connectivity index (χ0n) is 10.6. The smallest absolute Gasteiger partial charge is 0.251 e. The van der Waals surface area contributed by atoms with Gasteiger partial charge in [0.05, 0.1) is 6.54 Å². The van der Waals surface area contributed by atoms with E-state index in [-0.39, 0.29) is 5.91 Å². The average molecular weight is 243 g/mol. The molecule has 4 heteroatoms. The Kier molecular flexibility index (Phi) is 3.67. The van der Waals surface area contributed by atoms with Gasteiger partial charge in [-0.2, -0.15) is 0 Å². The third-order valence-electron chi connectivity index (χ3n) is 2.90. The third kappa shape index (κ3) is 2.71. The fourth-order valence-corrected chi connectivity index (χ4v) is 1.76. The van der Waals surface area contributed by atoms with Crippen LogP contribution in [0.15, 0.2) is 42.6 Å². The molecule has 94 valence electrons. The number of rotatable bonds is 4. The molecule has 2 N–H and O–H groups in total. The van der Waals surface area contributed by atoms with Crippen LogP contribution < -0.4 is 10.6 Å². The summed E-state index contributed by atoms with van der Waals surface area (Å²) in [6, 6.07) is 11.5. The molecule has 0 unspecified atom stereocenters. The van der Waals surface area contributed by atoms with Crippen molar-refractivity contribution in [2.75, 3.05) is 12.4 Å². The van der Waals surface area contributed by atoms with E-state index in [0.717, 1.165) is 12.2 Å². The maximum absolute atomic E-state index is 11.4. The van der Waals surface area contributed by atoms with Crippen molar-refractivity contribution in [2.45, 2.75) is 6.54 Å². The van der Waals surface area contributed by atoms with Crippen LogP contribution >= 0.6 is 0 Å². The number of hydrogen-bond acceptors (Lipinski definition) is 2. The molecule has 1 aromatic carbocycles. The molecule has 18 heavy (non-hydrogen) atoms. The molecule has 1 aromatic heterocycles. The van der Waals surface area contributed by atoms with Gasteiger partial charge < -0.3 is 15.2 Å². The van der Waals surface area contributed by atoms with Crippen LogP contribution in [0, 0.1) is 0 Å². The Morgan fingerprint density at radius 3 is 2.50 bits per heavy atom. The summed E-state index contributed by atoms with van der Waals surface area (Å²) < 4.78 is 2.08. The van der Waals surface area contributed by atoms with Gasteiger partial charge >= 0.3 is 0 Å². The topological polar surface area (TPSA) is 46.1 Å².